The Hall–Kier alpha value is -0.290. The highest BCUT2D eigenvalue weighted by atomic mass is 35.5. The van der Waals surface area contributed by atoms with E-state index in [-0.39, 0.29) is 18.3 Å². The molecular weight excluding hydrogens is 267 g/mol. The molecular formula is C10H14Cl2N2OS. The number of rotatable bonds is 3. The summed E-state index contributed by atoms with van der Waals surface area (Å²) in [7, 11) is 0. The molecule has 90 valence electrons. The van der Waals surface area contributed by atoms with Crippen LogP contribution >= 0.6 is 35.3 Å². The Labute approximate surface area is 110 Å². The first kappa shape index (κ1) is 13.8. The van der Waals surface area contributed by atoms with Crippen LogP contribution in [-0.2, 0) is 0 Å². The minimum absolute atomic E-state index is 0. The third-order valence-corrected chi connectivity index (χ3v) is 3.84. The molecule has 0 aromatic carbocycles. The molecule has 1 aliphatic rings. The summed E-state index contributed by atoms with van der Waals surface area (Å²) in [4.78, 5) is 12.3. The van der Waals surface area contributed by atoms with Crippen molar-refractivity contribution in [1.29, 1.82) is 0 Å². The molecule has 1 aliphatic heterocycles. The van der Waals surface area contributed by atoms with E-state index in [9.17, 15) is 4.79 Å². The largest absolute Gasteiger partial charge is 0.350 e. The van der Waals surface area contributed by atoms with Gasteiger partial charge in [-0.1, -0.05) is 11.6 Å². The zero-order valence-corrected chi connectivity index (χ0v) is 11.1. The molecule has 0 bridgehead atoms. The highest BCUT2D eigenvalue weighted by molar-refractivity contribution is 7.12. The van der Waals surface area contributed by atoms with E-state index in [2.05, 4.69) is 10.6 Å². The molecule has 0 aliphatic carbocycles. The Morgan fingerprint density at radius 2 is 2.50 bits per heavy atom. The number of thiophene rings is 1. The van der Waals surface area contributed by atoms with Gasteiger partial charge in [-0.2, -0.15) is 0 Å². The van der Waals surface area contributed by atoms with Gasteiger partial charge in [0.05, 0.1) is 5.02 Å². The molecule has 0 saturated carbocycles. The fourth-order valence-corrected chi connectivity index (χ4v) is 2.74. The second-order valence-corrected chi connectivity index (χ2v) is 4.92. The monoisotopic (exact) mass is 280 g/mol. The maximum absolute atomic E-state index is 11.7. The maximum atomic E-state index is 11.7. The van der Waals surface area contributed by atoms with Gasteiger partial charge in [-0.3, -0.25) is 4.79 Å². The van der Waals surface area contributed by atoms with Crippen LogP contribution in [0.5, 0.6) is 0 Å². The van der Waals surface area contributed by atoms with Gasteiger partial charge >= 0.3 is 0 Å². The number of halogens is 2. The molecule has 1 aromatic rings. The summed E-state index contributed by atoms with van der Waals surface area (Å²) in [6.45, 7) is 1.74. The zero-order chi connectivity index (χ0) is 10.7. The van der Waals surface area contributed by atoms with Gasteiger partial charge in [-0.25, -0.2) is 0 Å². The van der Waals surface area contributed by atoms with Crippen LogP contribution in [0.2, 0.25) is 5.02 Å². The van der Waals surface area contributed by atoms with Crippen LogP contribution in [0.1, 0.15) is 22.5 Å². The highest BCUT2D eigenvalue weighted by Crippen LogP contribution is 2.21. The number of amides is 1. The van der Waals surface area contributed by atoms with E-state index in [0.29, 0.717) is 22.5 Å². The first-order valence-corrected chi connectivity index (χ1v) is 6.27. The molecule has 1 amide bonds. The van der Waals surface area contributed by atoms with Crippen LogP contribution in [0, 0.1) is 0 Å². The Bertz CT molecular complexity index is 350. The molecule has 0 spiro atoms. The number of hydrogen-bond donors (Lipinski definition) is 2. The topological polar surface area (TPSA) is 41.1 Å². The first-order valence-electron chi connectivity index (χ1n) is 5.02. The maximum Gasteiger partial charge on any atom is 0.262 e. The second kappa shape index (κ2) is 6.45. The minimum Gasteiger partial charge on any atom is -0.350 e. The van der Waals surface area contributed by atoms with E-state index in [1.807, 2.05) is 5.38 Å². The van der Waals surface area contributed by atoms with Gasteiger partial charge in [0.15, 0.2) is 0 Å². The standard InChI is InChI=1S/C10H13ClN2OS.ClH/c11-8-3-5-15-9(8)10(14)13-6-7-2-1-4-12-7;/h3,5,7,12H,1-2,4,6H2,(H,13,14);1H. The van der Waals surface area contributed by atoms with E-state index in [0.717, 1.165) is 13.0 Å². The summed E-state index contributed by atoms with van der Waals surface area (Å²) < 4.78 is 0. The molecule has 2 rings (SSSR count). The third-order valence-electron chi connectivity index (χ3n) is 2.49. The summed E-state index contributed by atoms with van der Waals surface area (Å²) in [5, 5.41) is 8.58. The molecule has 3 nitrogen and oxygen atoms in total. The summed E-state index contributed by atoms with van der Waals surface area (Å²) in [6, 6.07) is 2.17. The van der Waals surface area contributed by atoms with Gasteiger partial charge in [-0.05, 0) is 30.8 Å². The first-order chi connectivity index (χ1) is 7.27. The lowest BCUT2D eigenvalue weighted by atomic mass is 10.2. The van der Waals surface area contributed by atoms with Gasteiger partial charge < -0.3 is 10.6 Å². The average molecular weight is 281 g/mol. The van der Waals surface area contributed by atoms with Gasteiger partial charge in [-0.15, -0.1) is 23.7 Å². The van der Waals surface area contributed by atoms with Crippen molar-refractivity contribution in [2.24, 2.45) is 0 Å². The molecule has 0 radical (unpaired) electrons. The number of carbonyl (C=O) groups is 1. The van der Waals surface area contributed by atoms with Crippen LogP contribution in [-0.4, -0.2) is 25.0 Å². The molecule has 1 fully saturated rings. The Kier molecular flexibility index (Phi) is 5.55. The molecule has 16 heavy (non-hydrogen) atoms. The fourth-order valence-electron chi connectivity index (χ4n) is 1.68. The summed E-state index contributed by atoms with van der Waals surface area (Å²) >= 11 is 7.24. The van der Waals surface area contributed by atoms with E-state index in [4.69, 9.17) is 11.6 Å². The van der Waals surface area contributed by atoms with Crippen molar-refractivity contribution in [3.63, 3.8) is 0 Å². The fraction of sp³-hybridized carbons (Fsp3) is 0.500. The summed E-state index contributed by atoms with van der Waals surface area (Å²) in [5.74, 6) is -0.0660. The lowest BCUT2D eigenvalue weighted by Gasteiger charge is -2.10. The van der Waals surface area contributed by atoms with Crippen molar-refractivity contribution in [2.45, 2.75) is 18.9 Å². The van der Waals surface area contributed by atoms with Crippen LogP contribution < -0.4 is 10.6 Å². The predicted octanol–water partition coefficient (Wildman–Crippen LogP) is 2.31. The average Bonchev–Trinajstić information content (AvgIpc) is 2.84. The Morgan fingerprint density at radius 1 is 1.69 bits per heavy atom. The van der Waals surface area contributed by atoms with Gasteiger partial charge in [0.1, 0.15) is 4.88 Å². The zero-order valence-electron chi connectivity index (χ0n) is 8.66. The van der Waals surface area contributed by atoms with Crippen molar-refractivity contribution < 1.29 is 4.79 Å². The van der Waals surface area contributed by atoms with Crippen molar-refractivity contribution in [2.75, 3.05) is 13.1 Å². The molecule has 1 saturated heterocycles. The highest BCUT2D eigenvalue weighted by Gasteiger charge is 2.16. The number of carbonyl (C=O) groups excluding carboxylic acids is 1. The predicted molar refractivity (Wildman–Crippen MR) is 69.9 cm³/mol. The van der Waals surface area contributed by atoms with Crippen LogP contribution in [0.15, 0.2) is 11.4 Å². The van der Waals surface area contributed by atoms with Crippen molar-refractivity contribution in [1.82, 2.24) is 10.6 Å². The summed E-state index contributed by atoms with van der Waals surface area (Å²) in [6.07, 6.45) is 2.33. The molecule has 1 unspecified atom stereocenters. The molecule has 1 atom stereocenters. The smallest absolute Gasteiger partial charge is 0.262 e. The van der Waals surface area contributed by atoms with Gasteiger partial charge in [0.2, 0.25) is 0 Å². The Balaban J connectivity index is 0.00000128. The molecule has 6 heteroatoms. The van der Waals surface area contributed by atoms with Crippen LogP contribution in [0.25, 0.3) is 0 Å². The Morgan fingerprint density at radius 3 is 3.06 bits per heavy atom. The quantitative estimate of drug-likeness (QED) is 0.892. The van der Waals surface area contributed by atoms with Crippen LogP contribution in [0.4, 0.5) is 0 Å². The molecule has 2 N–H and O–H groups in total. The molecule has 1 aromatic heterocycles. The normalized spacial score (nSPS) is 19.2. The van der Waals surface area contributed by atoms with E-state index >= 15 is 0 Å². The van der Waals surface area contributed by atoms with E-state index in [1.165, 1.54) is 17.8 Å². The summed E-state index contributed by atoms with van der Waals surface area (Å²) in [5.41, 5.74) is 0. The number of hydrogen-bond acceptors (Lipinski definition) is 3. The lowest BCUT2D eigenvalue weighted by Crippen LogP contribution is -2.36. The van der Waals surface area contributed by atoms with Gasteiger partial charge in [0, 0.05) is 12.6 Å². The van der Waals surface area contributed by atoms with Crippen molar-refractivity contribution in [3.8, 4) is 0 Å². The van der Waals surface area contributed by atoms with E-state index in [1.54, 1.807) is 6.07 Å². The van der Waals surface area contributed by atoms with Crippen LogP contribution in [0.3, 0.4) is 0 Å². The second-order valence-electron chi connectivity index (χ2n) is 3.60. The van der Waals surface area contributed by atoms with Crippen molar-refractivity contribution in [3.05, 3.63) is 21.3 Å². The SMILES string of the molecule is Cl.O=C(NCC1CCCN1)c1sccc1Cl. The minimum atomic E-state index is -0.0660. The lowest BCUT2D eigenvalue weighted by molar-refractivity contribution is 0.0954. The van der Waals surface area contributed by atoms with Crippen molar-refractivity contribution >= 4 is 41.3 Å². The van der Waals surface area contributed by atoms with Gasteiger partial charge in [0.25, 0.3) is 5.91 Å². The molecule has 2 heterocycles. The third kappa shape index (κ3) is 3.35. The van der Waals surface area contributed by atoms with E-state index < -0.39 is 0 Å². The number of nitrogens with one attached hydrogen (secondary N) is 2.